The molecule has 1 atom stereocenters. The van der Waals surface area contributed by atoms with Gasteiger partial charge in [-0.3, -0.25) is 9.59 Å². The fraction of sp³-hybridized carbons (Fsp3) is 0.556. The van der Waals surface area contributed by atoms with Gasteiger partial charge >= 0.3 is 5.97 Å². The Kier molecular flexibility index (Phi) is 13.2. The molecule has 22 heavy (non-hydrogen) atoms. The molecule has 0 spiro atoms. The minimum Gasteiger partial charge on any atom is -0.469 e. The maximum absolute atomic E-state index is 11.6. The molecule has 0 saturated carbocycles. The molecule has 4 heteroatoms. The highest BCUT2D eigenvalue weighted by molar-refractivity contribution is 5.89. The summed E-state index contributed by atoms with van der Waals surface area (Å²) in [6.07, 6.45) is 15.6. The van der Waals surface area contributed by atoms with E-state index in [1.807, 2.05) is 0 Å². The molecule has 0 saturated heterocycles. The maximum atomic E-state index is 11.6. The molecule has 0 fully saturated rings. The van der Waals surface area contributed by atoms with Crippen LogP contribution in [0.25, 0.3) is 0 Å². The maximum Gasteiger partial charge on any atom is 0.305 e. The number of aliphatic hydroxyl groups excluding tert-OH is 1. The molecular formula is C18H28O4. The Bertz CT molecular complexity index is 392. The lowest BCUT2D eigenvalue weighted by Gasteiger charge is -2.00. The van der Waals surface area contributed by atoms with Crippen molar-refractivity contribution < 1.29 is 19.4 Å². The highest BCUT2D eigenvalue weighted by Gasteiger charge is 2.00. The molecule has 0 aromatic rings. The van der Waals surface area contributed by atoms with E-state index in [0.717, 1.165) is 32.1 Å². The molecule has 0 amide bonds. The van der Waals surface area contributed by atoms with E-state index >= 15 is 0 Å². The zero-order valence-corrected chi connectivity index (χ0v) is 13.7. The molecule has 124 valence electrons. The van der Waals surface area contributed by atoms with Crippen LogP contribution in [-0.4, -0.2) is 30.1 Å². The van der Waals surface area contributed by atoms with Crippen molar-refractivity contribution in [2.45, 2.75) is 58.0 Å². The topological polar surface area (TPSA) is 63.6 Å². The Morgan fingerprint density at radius 2 is 1.55 bits per heavy atom. The molecule has 0 rings (SSSR count). The van der Waals surface area contributed by atoms with Crippen molar-refractivity contribution in [1.82, 2.24) is 0 Å². The highest BCUT2D eigenvalue weighted by Crippen LogP contribution is 2.08. The van der Waals surface area contributed by atoms with Gasteiger partial charge in [0.05, 0.1) is 13.2 Å². The Morgan fingerprint density at radius 3 is 2.18 bits per heavy atom. The second-order valence-electron chi connectivity index (χ2n) is 5.18. The predicted octanol–water partition coefficient (Wildman–Crippen LogP) is 3.51. The molecule has 4 nitrogen and oxygen atoms in total. The summed E-state index contributed by atoms with van der Waals surface area (Å²) in [6.45, 7) is 1.68. The lowest BCUT2D eigenvalue weighted by Crippen LogP contribution is -1.99. The number of esters is 1. The molecule has 0 aliphatic carbocycles. The number of carbonyl (C=O) groups is 2. The number of rotatable bonds is 12. The summed E-state index contributed by atoms with van der Waals surface area (Å²) >= 11 is 0. The van der Waals surface area contributed by atoms with E-state index in [2.05, 4.69) is 4.74 Å². The van der Waals surface area contributed by atoms with Crippen molar-refractivity contribution >= 4 is 11.8 Å². The predicted molar refractivity (Wildman–Crippen MR) is 88.4 cm³/mol. The molecule has 0 aliphatic heterocycles. The zero-order chi connectivity index (χ0) is 16.6. The van der Waals surface area contributed by atoms with Crippen molar-refractivity contribution in [2.24, 2.45) is 0 Å². The number of hydrogen-bond donors (Lipinski definition) is 1. The lowest BCUT2D eigenvalue weighted by atomic mass is 10.1. The Labute approximate surface area is 133 Å². The van der Waals surface area contributed by atoms with Gasteiger partial charge in [0.1, 0.15) is 0 Å². The van der Waals surface area contributed by atoms with Crippen molar-refractivity contribution in [3.63, 3.8) is 0 Å². The van der Waals surface area contributed by atoms with Gasteiger partial charge in [0.25, 0.3) is 0 Å². The second-order valence-corrected chi connectivity index (χ2v) is 5.18. The second kappa shape index (κ2) is 14.3. The average Bonchev–Trinajstić information content (AvgIpc) is 2.49. The number of hydrogen-bond acceptors (Lipinski definition) is 4. The Morgan fingerprint density at radius 1 is 0.955 bits per heavy atom. The largest absolute Gasteiger partial charge is 0.469 e. The van der Waals surface area contributed by atoms with Gasteiger partial charge in [0.2, 0.25) is 0 Å². The van der Waals surface area contributed by atoms with Crippen molar-refractivity contribution in [1.29, 1.82) is 0 Å². The van der Waals surface area contributed by atoms with Crippen molar-refractivity contribution in [3.8, 4) is 0 Å². The first-order chi connectivity index (χ1) is 10.6. The summed E-state index contributed by atoms with van der Waals surface area (Å²) in [5.74, 6) is -0.0321. The van der Waals surface area contributed by atoms with Crippen LogP contribution in [0.4, 0.5) is 0 Å². The van der Waals surface area contributed by atoms with E-state index in [4.69, 9.17) is 5.11 Å². The summed E-state index contributed by atoms with van der Waals surface area (Å²) in [5.41, 5.74) is 0. The van der Waals surface area contributed by atoms with Crippen LogP contribution < -0.4 is 0 Å². The Balaban J connectivity index is 3.55. The van der Waals surface area contributed by atoms with Crippen LogP contribution in [0.2, 0.25) is 0 Å². The van der Waals surface area contributed by atoms with Gasteiger partial charge in [0.15, 0.2) is 5.78 Å². The molecule has 1 N–H and O–H groups in total. The van der Waals surface area contributed by atoms with Crippen LogP contribution in [-0.2, 0) is 14.3 Å². The van der Waals surface area contributed by atoms with Crippen LogP contribution >= 0.6 is 0 Å². The molecule has 0 aromatic carbocycles. The van der Waals surface area contributed by atoms with Gasteiger partial charge in [-0.2, -0.15) is 0 Å². The third-order valence-electron chi connectivity index (χ3n) is 3.04. The van der Waals surface area contributed by atoms with Crippen LogP contribution in [0.3, 0.4) is 0 Å². The third kappa shape index (κ3) is 14.7. The molecule has 0 aliphatic rings. The van der Waals surface area contributed by atoms with Crippen LogP contribution in [0.1, 0.15) is 51.9 Å². The third-order valence-corrected chi connectivity index (χ3v) is 3.04. The summed E-state index contributed by atoms with van der Waals surface area (Å²) in [7, 11) is 1.40. The van der Waals surface area contributed by atoms with E-state index < -0.39 is 6.10 Å². The zero-order valence-electron chi connectivity index (χ0n) is 13.7. The van der Waals surface area contributed by atoms with E-state index in [1.165, 1.54) is 7.11 Å². The Hall–Kier alpha value is -1.68. The minimum atomic E-state index is -0.456. The van der Waals surface area contributed by atoms with E-state index in [1.54, 1.807) is 43.4 Å². The van der Waals surface area contributed by atoms with Crippen LogP contribution in [0.15, 0.2) is 36.5 Å². The van der Waals surface area contributed by atoms with E-state index in [9.17, 15) is 9.59 Å². The highest BCUT2D eigenvalue weighted by atomic mass is 16.5. The number of aliphatic hydroxyl groups is 1. The number of ketones is 1. The smallest absolute Gasteiger partial charge is 0.305 e. The van der Waals surface area contributed by atoms with Gasteiger partial charge in [-0.25, -0.2) is 0 Å². The van der Waals surface area contributed by atoms with E-state index in [-0.39, 0.29) is 11.8 Å². The van der Waals surface area contributed by atoms with Crippen LogP contribution in [0, 0.1) is 0 Å². The van der Waals surface area contributed by atoms with Crippen LogP contribution in [0.5, 0.6) is 0 Å². The number of carbonyl (C=O) groups excluding carboxylic acids is 2. The normalized spacial score (nSPS) is 13.2. The first kappa shape index (κ1) is 20.3. The summed E-state index contributed by atoms with van der Waals surface area (Å²) in [6, 6.07) is 0. The molecule has 0 bridgehead atoms. The number of methoxy groups -OCH3 is 1. The van der Waals surface area contributed by atoms with Gasteiger partial charge in [-0.05, 0) is 25.8 Å². The quantitative estimate of drug-likeness (QED) is 0.259. The lowest BCUT2D eigenvalue weighted by molar-refractivity contribution is -0.140. The van der Waals surface area contributed by atoms with Gasteiger partial charge in [-0.1, -0.05) is 49.6 Å². The average molecular weight is 308 g/mol. The number of unbranched alkanes of at least 4 members (excludes halogenated alkanes) is 4. The van der Waals surface area contributed by atoms with Gasteiger partial charge in [-0.15, -0.1) is 0 Å². The van der Waals surface area contributed by atoms with E-state index in [0.29, 0.717) is 12.8 Å². The first-order valence-corrected chi connectivity index (χ1v) is 7.85. The summed E-state index contributed by atoms with van der Waals surface area (Å²) in [4.78, 5) is 22.5. The van der Waals surface area contributed by atoms with Gasteiger partial charge in [0, 0.05) is 12.8 Å². The first-order valence-electron chi connectivity index (χ1n) is 7.85. The monoisotopic (exact) mass is 308 g/mol. The number of ether oxygens (including phenoxy) is 1. The minimum absolute atomic E-state index is 0.124. The molecule has 1 unspecified atom stereocenters. The number of allylic oxidation sites excluding steroid dienone is 5. The molecule has 0 aromatic heterocycles. The van der Waals surface area contributed by atoms with Crippen molar-refractivity contribution in [3.05, 3.63) is 36.5 Å². The molecular weight excluding hydrogens is 280 g/mol. The summed E-state index contributed by atoms with van der Waals surface area (Å²) < 4.78 is 4.57. The molecule has 0 heterocycles. The fourth-order valence-corrected chi connectivity index (χ4v) is 1.80. The van der Waals surface area contributed by atoms with Crippen molar-refractivity contribution in [2.75, 3.05) is 7.11 Å². The fourth-order valence-electron chi connectivity index (χ4n) is 1.80. The SMILES string of the molecule is COC(=O)CCCCCCCC(=O)C=CC=CC=CC(C)O. The van der Waals surface area contributed by atoms with Gasteiger partial charge < -0.3 is 9.84 Å². The summed E-state index contributed by atoms with van der Waals surface area (Å²) in [5, 5.41) is 9.00. The molecule has 0 radical (unpaired) electrons. The standard InChI is InChI=1S/C18H28O4/c1-16(19)12-8-6-7-10-14-17(20)13-9-4-3-5-11-15-18(21)22-2/h6-8,10,12,14,16,19H,3-5,9,11,13,15H2,1-2H3.